The molecular formula is C55H82N12O16S2. The quantitative estimate of drug-likeness (QED) is 0.128. The Kier molecular flexibility index (Phi) is 27.5. The van der Waals surface area contributed by atoms with E-state index in [-0.39, 0.29) is 87.2 Å². The number of carboxylic acids is 1. The molecule has 1 aromatic rings. The predicted octanol–water partition coefficient (Wildman–Crippen LogP) is -1.44. The fourth-order valence-corrected chi connectivity index (χ4v) is 12.1. The van der Waals surface area contributed by atoms with Crippen molar-refractivity contribution in [2.24, 2.45) is 22.5 Å². The summed E-state index contributed by atoms with van der Waals surface area (Å²) in [5, 5.41) is 42.3. The molecule has 0 radical (unpaired) electrons. The highest BCUT2D eigenvalue weighted by atomic mass is 32.2. The molecule has 1 unspecified atom stereocenters. The van der Waals surface area contributed by atoms with Crippen LogP contribution in [0.1, 0.15) is 122 Å². The molecule has 0 spiro atoms. The number of rotatable bonds is 10. The number of aliphatic carboxylic acids is 1. The Morgan fingerprint density at radius 2 is 1.27 bits per heavy atom. The highest BCUT2D eigenvalue weighted by Crippen LogP contribution is 2.27. The maximum absolute atomic E-state index is 15.0. The maximum atomic E-state index is 15.0. The number of primary amides is 2. The number of oxime groups is 1. The third kappa shape index (κ3) is 22.0. The summed E-state index contributed by atoms with van der Waals surface area (Å²) < 4.78 is 6.24. The summed E-state index contributed by atoms with van der Waals surface area (Å²) in [5.74, 6) is -10.1. The number of hydrogen-bond donors (Lipinski definition) is 11. The minimum atomic E-state index is -1.79. The number of carboxylic acid groups (broad SMARTS) is 1. The molecule has 10 atom stereocenters. The van der Waals surface area contributed by atoms with Gasteiger partial charge in [-0.25, -0.2) is 0 Å². The van der Waals surface area contributed by atoms with Gasteiger partial charge in [-0.3, -0.25) is 57.5 Å². The van der Waals surface area contributed by atoms with Gasteiger partial charge in [0.15, 0.2) is 0 Å². The van der Waals surface area contributed by atoms with Crippen molar-refractivity contribution in [2.45, 2.75) is 183 Å². The Bertz CT molecular complexity index is 2610. The number of carbonyl (C=O) groups excluding carboxylic acids is 11. The normalized spacial score (nSPS) is 27.4. The molecule has 2 fully saturated rings. The van der Waals surface area contributed by atoms with Crippen molar-refractivity contribution in [2.75, 3.05) is 37.8 Å². The van der Waals surface area contributed by atoms with Crippen LogP contribution in [-0.2, 0) is 73.9 Å². The number of benzene rings is 1. The van der Waals surface area contributed by atoms with Crippen molar-refractivity contribution in [1.29, 1.82) is 0 Å². The smallest absolute Gasteiger partial charge is 0.305 e. The van der Waals surface area contributed by atoms with Gasteiger partial charge >= 0.3 is 5.97 Å². The minimum absolute atomic E-state index is 0.0160. The van der Waals surface area contributed by atoms with Crippen LogP contribution < -0.4 is 53.4 Å². The fraction of sp³-hybridized carbons (Fsp3) is 0.655. The molecule has 0 aromatic heterocycles. The van der Waals surface area contributed by atoms with E-state index in [0.717, 1.165) is 35.1 Å². The lowest BCUT2D eigenvalue weighted by atomic mass is 10.0. The van der Waals surface area contributed by atoms with E-state index in [1.165, 1.54) is 42.3 Å². The molecule has 28 nitrogen and oxygen atoms in total. The van der Waals surface area contributed by atoms with Crippen LogP contribution in [0, 0.1) is 5.92 Å². The van der Waals surface area contributed by atoms with E-state index in [9.17, 15) is 67.7 Å². The average Bonchev–Trinajstić information content (AvgIpc) is 3.83. The molecule has 11 amide bonds. The SMILES string of the molecule is CC(C)C[C@@H]1NC(=O)[C@@H]2CCCN2C(=O)[C@@H]2CSCc3cc(cc(c3)OCCCCCCO/N=C/C(=O)N[C@@H](CCCC(N)=O)C(=O)N2)CSC[C@@H](C(N)=O)NC(=O)C([C@@H](C)O)NC(=O)[C@@H]2CCCN2C(=O)[C@H](C)NC(=O)[C@H](CC(=O)O)NC1=O. The van der Waals surface area contributed by atoms with Crippen LogP contribution >= 0.6 is 23.5 Å². The highest BCUT2D eigenvalue weighted by Gasteiger charge is 2.42. The van der Waals surface area contributed by atoms with Crippen molar-refractivity contribution in [1.82, 2.24) is 47.0 Å². The Morgan fingerprint density at radius 1 is 0.682 bits per heavy atom. The number of nitrogens with zero attached hydrogens (tertiary/aromatic N) is 3. The largest absolute Gasteiger partial charge is 0.494 e. The Morgan fingerprint density at radius 3 is 1.88 bits per heavy atom. The zero-order chi connectivity index (χ0) is 62.3. The molecule has 4 aliphatic rings. The van der Waals surface area contributed by atoms with Crippen LogP contribution in [0.15, 0.2) is 23.4 Å². The topological polar surface area (TPSA) is 419 Å². The second-order valence-electron chi connectivity index (χ2n) is 22.0. The van der Waals surface area contributed by atoms with Gasteiger partial charge in [-0.05, 0) is 114 Å². The number of fused-ring (bicyclic) bond motifs is 7. The van der Waals surface area contributed by atoms with Crippen LogP contribution in [0.3, 0.4) is 0 Å². The summed E-state index contributed by atoms with van der Waals surface area (Å²) in [5.41, 5.74) is 12.6. The van der Waals surface area contributed by atoms with E-state index in [1.807, 2.05) is 18.2 Å². The zero-order valence-corrected chi connectivity index (χ0v) is 50.1. The van der Waals surface area contributed by atoms with E-state index in [0.29, 0.717) is 38.0 Å². The van der Waals surface area contributed by atoms with Gasteiger partial charge in [0.1, 0.15) is 72.9 Å². The molecule has 13 N–H and O–H groups in total. The number of carbonyl (C=O) groups is 12. The molecule has 5 rings (SSSR count). The second kappa shape index (κ2) is 34.1. The third-order valence-electron chi connectivity index (χ3n) is 14.4. The van der Waals surface area contributed by atoms with E-state index >= 15 is 0 Å². The van der Waals surface area contributed by atoms with Gasteiger partial charge in [-0.2, -0.15) is 23.5 Å². The average molecular weight is 1230 g/mol. The van der Waals surface area contributed by atoms with Gasteiger partial charge in [0.05, 0.1) is 19.1 Å². The number of nitrogens with two attached hydrogens (primary N) is 2. The molecule has 1 aromatic carbocycles. The van der Waals surface area contributed by atoms with E-state index in [4.69, 9.17) is 21.0 Å². The summed E-state index contributed by atoms with van der Waals surface area (Å²) in [6.07, 6.45) is 1.96. The van der Waals surface area contributed by atoms with Crippen molar-refractivity contribution < 1.29 is 77.3 Å². The number of aliphatic hydroxyl groups excluding tert-OH is 1. The van der Waals surface area contributed by atoms with Crippen LogP contribution in [-0.4, -0.2) is 195 Å². The molecule has 4 bridgehead atoms. The standard InChI is InChI=1S/C55H82N12O16S2/c1-30(2)20-37-50(76)61-38(24-45(71)72)49(75)59-31(3)54(80)66-16-10-14-42(66)52(78)65-46(32(4)68)53(79)63-39(47(57)73)28-84-26-33-21-34-23-35(22-33)82-18-7-5-6-8-19-83-58-25-44(70)60-36(12-9-15-43(56)69)48(74)64-40(29-85-27-34)55(81)67-17-11-13-41(67)51(77)62-37/h21-23,25,30-32,36-42,46,68H,5-20,24,26-29H2,1-4H3,(H2,56,69)(H2,57,73)(H,59,75)(H,60,70)(H,61,76)(H,62,77)(H,63,79)(H,64,74)(H,65,78)(H,71,72)/b58-25+/t31-,32+,36-,37-,38-,39-,40-,41-,42-,46?/m0/s1. The van der Waals surface area contributed by atoms with E-state index in [2.05, 4.69) is 42.4 Å². The molecule has 2 saturated heterocycles. The summed E-state index contributed by atoms with van der Waals surface area (Å²) in [6, 6.07) is -7.01. The Hall–Kier alpha value is -7.21. The number of aliphatic hydroxyl groups is 1. The first kappa shape index (κ1) is 68.6. The lowest BCUT2D eigenvalue weighted by molar-refractivity contribution is -0.144. The lowest BCUT2D eigenvalue weighted by Crippen LogP contribution is -2.61. The number of thioether (sulfide) groups is 2. The fourth-order valence-electron chi connectivity index (χ4n) is 10.1. The molecule has 4 aliphatic heterocycles. The molecule has 4 heterocycles. The van der Waals surface area contributed by atoms with E-state index in [1.54, 1.807) is 13.8 Å². The van der Waals surface area contributed by atoms with Crippen LogP contribution in [0.25, 0.3) is 0 Å². The first-order valence-corrected chi connectivity index (χ1v) is 31.0. The molecular weight excluding hydrogens is 1150 g/mol. The highest BCUT2D eigenvalue weighted by molar-refractivity contribution is 7.98. The van der Waals surface area contributed by atoms with Gasteiger partial charge in [-0.15, -0.1) is 0 Å². The van der Waals surface area contributed by atoms with Gasteiger partial charge in [0, 0.05) is 42.5 Å². The third-order valence-corrected chi connectivity index (χ3v) is 16.6. The van der Waals surface area contributed by atoms with Crippen LogP contribution in [0.2, 0.25) is 0 Å². The van der Waals surface area contributed by atoms with Crippen molar-refractivity contribution in [3.8, 4) is 5.75 Å². The number of ether oxygens (including phenoxy) is 1. The molecule has 0 saturated carbocycles. The number of nitrogens with one attached hydrogen (secondary N) is 7. The summed E-state index contributed by atoms with van der Waals surface area (Å²) in [6.45, 7) is 6.66. The molecule has 470 valence electrons. The van der Waals surface area contributed by atoms with Crippen LogP contribution in [0.5, 0.6) is 5.75 Å². The van der Waals surface area contributed by atoms with Gasteiger partial charge in [0.25, 0.3) is 5.91 Å². The lowest BCUT2D eigenvalue weighted by Gasteiger charge is -2.31. The zero-order valence-electron chi connectivity index (χ0n) is 48.4. The number of hydrogen-bond acceptors (Lipinski definition) is 18. The summed E-state index contributed by atoms with van der Waals surface area (Å²) in [7, 11) is 0. The van der Waals surface area contributed by atoms with Crippen molar-refractivity contribution in [3.63, 3.8) is 0 Å². The minimum Gasteiger partial charge on any atom is -0.494 e. The second-order valence-corrected chi connectivity index (χ2v) is 24.0. The van der Waals surface area contributed by atoms with Gasteiger partial charge in [-0.1, -0.05) is 25.1 Å². The first-order chi connectivity index (χ1) is 40.4. The monoisotopic (exact) mass is 1230 g/mol. The first-order valence-electron chi connectivity index (χ1n) is 28.7. The predicted molar refractivity (Wildman–Crippen MR) is 311 cm³/mol. The maximum Gasteiger partial charge on any atom is 0.305 e. The van der Waals surface area contributed by atoms with Crippen molar-refractivity contribution >= 4 is 101 Å². The van der Waals surface area contributed by atoms with Gasteiger partial charge in [0.2, 0.25) is 59.1 Å². The van der Waals surface area contributed by atoms with Crippen molar-refractivity contribution in [3.05, 3.63) is 29.3 Å². The Labute approximate surface area is 501 Å². The number of amides is 11. The Balaban J connectivity index is 1.55. The molecule has 85 heavy (non-hydrogen) atoms. The van der Waals surface area contributed by atoms with Gasteiger partial charge < -0.3 is 78.3 Å². The summed E-state index contributed by atoms with van der Waals surface area (Å²) >= 11 is 2.48. The summed E-state index contributed by atoms with van der Waals surface area (Å²) in [4.78, 5) is 171. The molecule has 30 heteroatoms. The van der Waals surface area contributed by atoms with E-state index < -0.39 is 138 Å². The van der Waals surface area contributed by atoms with Crippen LogP contribution in [0.4, 0.5) is 0 Å². The molecule has 0 aliphatic carbocycles.